The summed E-state index contributed by atoms with van der Waals surface area (Å²) in [4.78, 5) is 0. The van der Waals surface area contributed by atoms with Crippen molar-refractivity contribution in [2.45, 2.75) is 13.0 Å². The maximum absolute atomic E-state index is 5.86. The normalized spacial score (nSPS) is 11.9. The Morgan fingerprint density at radius 2 is 1.60 bits per heavy atom. The van der Waals surface area contributed by atoms with Crippen LogP contribution in [0.5, 0.6) is 11.5 Å². The molecule has 0 aromatic heterocycles. The largest absolute Gasteiger partial charge is 0.497 e. The molecule has 106 valence electrons. The molecule has 0 bridgehead atoms. The van der Waals surface area contributed by atoms with Crippen LogP contribution in [0.4, 0.5) is 0 Å². The highest BCUT2D eigenvalue weighted by atomic mass is 16.5. The van der Waals surface area contributed by atoms with Crippen molar-refractivity contribution in [3.63, 3.8) is 0 Å². The zero-order valence-electron chi connectivity index (χ0n) is 12.0. The smallest absolute Gasteiger partial charge is 0.119 e. The van der Waals surface area contributed by atoms with Gasteiger partial charge in [-0.25, -0.2) is 0 Å². The monoisotopic (exact) mass is 271 g/mol. The molecule has 2 rings (SSSR count). The van der Waals surface area contributed by atoms with Gasteiger partial charge in [-0.15, -0.1) is 0 Å². The molecule has 0 aliphatic carbocycles. The van der Waals surface area contributed by atoms with Gasteiger partial charge in [0.05, 0.1) is 13.2 Å². The Hall–Kier alpha value is -2.00. The van der Waals surface area contributed by atoms with Gasteiger partial charge in [0, 0.05) is 0 Å². The van der Waals surface area contributed by atoms with E-state index in [2.05, 4.69) is 24.4 Å². The number of benzene rings is 2. The number of hydrogen-bond acceptors (Lipinski definition) is 3. The summed E-state index contributed by atoms with van der Waals surface area (Å²) in [7, 11) is 1.66. The summed E-state index contributed by atoms with van der Waals surface area (Å²) in [5, 5.41) is 3.44. The molecular formula is C17H21NO2. The van der Waals surface area contributed by atoms with Crippen LogP contribution in [0.1, 0.15) is 18.5 Å². The van der Waals surface area contributed by atoms with Crippen molar-refractivity contribution in [2.24, 2.45) is 0 Å². The van der Waals surface area contributed by atoms with Crippen LogP contribution >= 0.6 is 0 Å². The van der Waals surface area contributed by atoms with E-state index in [4.69, 9.17) is 9.47 Å². The Kier molecular flexibility index (Phi) is 5.44. The maximum atomic E-state index is 5.86. The third kappa shape index (κ3) is 4.00. The fourth-order valence-corrected chi connectivity index (χ4v) is 2.06. The van der Waals surface area contributed by atoms with E-state index >= 15 is 0 Å². The number of rotatable bonds is 7. The second-order valence-corrected chi connectivity index (χ2v) is 4.51. The quantitative estimate of drug-likeness (QED) is 0.837. The molecule has 0 saturated carbocycles. The summed E-state index contributed by atoms with van der Waals surface area (Å²) in [6.45, 7) is 3.61. The third-order valence-electron chi connectivity index (χ3n) is 3.13. The number of methoxy groups -OCH3 is 1. The average molecular weight is 271 g/mol. The summed E-state index contributed by atoms with van der Waals surface area (Å²) in [5.74, 6) is 1.69. The first kappa shape index (κ1) is 14.4. The summed E-state index contributed by atoms with van der Waals surface area (Å²) < 4.78 is 11.0. The number of likely N-dealkylation sites (N-methyl/N-ethyl adjacent to an activating group) is 1. The predicted molar refractivity (Wildman–Crippen MR) is 81.3 cm³/mol. The highest BCUT2D eigenvalue weighted by molar-refractivity contribution is 5.31. The van der Waals surface area contributed by atoms with Gasteiger partial charge in [-0.1, -0.05) is 37.3 Å². The fourth-order valence-electron chi connectivity index (χ4n) is 2.06. The molecule has 2 aromatic rings. The van der Waals surface area contributed by atoms with Crippen LogP contribution in [-0.4, -0.2) is 20.3 Å². The maximum Gasteiger partial charge on any atom is 0.119 e. The number of hydrogen-bond donors (Lipinski definition) is 1. The number of ether oxygens (including phenoxy) is 2. The summed E-state index contributed by atoms with van der Waals surface area (Å²) in [6, 6.07) is 18.2. The van der Waals surface area contributed by atoms with Crippen LogP contribution in [0.25, 0.3) is 0 Å². The van der Waals surface area contributed by atoms with Gasteiger partial charge in [-0.2, -0.15) is 0 Å². The zero-order chi connectivity index (χ0) is 14.2. The molecule has 1 unspecified atom stereocenters. The molecule has 1 N–H and O–H groups in total. The van der Waals surface area contributed by atoms with Gasteiger partial charge < -0.3 is 14.8 Å². The zero-order valence-corrected chi connectivity index (χ0v) is 12.0. The fraction of sp³-hybridized carbons (Fsp3) is 0.294. The minimum Gasteiger partial charge on any atom is -0.497 e. The molecule has 3 heteroatoms. The van der Waals surface area contributed by atoms with Crippen LogP contribution < -0.4 is 14.8 Å². The van der Waals surface area contributed by atoms with Crippen LogP contribution in [0, 0.1) is 0 Å². The number of nitrogens with one attached hydrogen (secondary N) is 1. The Morgan fingerprint density at radius 1 is 0.950 bits per heavy atom. The molecular weight excluding hydrogens is 250 g/mol. The lowest BCUT2D eigenvalue weighted by atomic mass is 10.1. The van der Waals surface area contributed by atoms with Crippen molar-refractivity contribution in [2.75, 3.05) is 20.3 Å². The molecule has 0 fully saturated rings. The Labute approximate surface area is 120 Å². The lowest BCUT2D eigenvalue weighted by molar-refractivity contribution is 0.268. The third-order valence-corrected chi connectivity index (χ3v) is 3.13. The van der Waals surface area contributed by atoms with Gasteiger partial charge in [0.15, 0.2) is 0 Å². The summed E-state index contributed by atoms with van der Waals surface area (Å²) >= 11 is 0. The average Bonchev–Trinajstić information content (AvgIpc) is 2.53. The topological polar surface area (TPSA) is 30.5 Å². The molecule has 20 heavy (non-hydrogen) atoms. The SMILES string of the molecule is CCNC(COc1ccc(OC)cc1)c1ccccc1. The first-order valence-electron chi connectivity index (χ1n) is 6.88. The molecule has 0 aliphatic rings. The van der Waals surface area contributed by atoms with E-state index in [1.54, 1.807) is 7.11 Å². The van der Waals surface area contributed by atoms with E-state index in [0.717, 1.165) is 18.0 Å². The van der Waals surface area contributed by atoms with Crippen molar-refractivity contribution in [3.8, 4) is 11.5 Å². The van der Waals surface area contributed by atoms with Crippen LogP contribution in [0.3, 0.4) is 0 Å². The van der Waals surface area contributed by atoms with Crippen LogP contribution in [0.2, 0.25) is 0 Å². The van der Waals surface area contributed by atoms with E-state index in [9.17, 15) is 0 Å². The van der Waals surface area contributed by atoms with E-state index in [1.165, 1.54) is 5.56 Å². The van der Waals surface area contributed by atoms with Crippen molar-refractivity contribution in [3.05, 3.63) is 60.2 Å². The standard InChI is InChI=1S/C17H21NO2/c1-3-18-17(14-7-5-4-6-8-14)13-20-16-11-9-15(19-2)10-12-16/h4-12,17-18H,3,13H2,1-2H3. The Bertz CT molecular complexity index is 496. The second kappa shape index (κ2) is 7.56. The Balaban J connectivity index is 1.98. The summed E-state index contributed by atoms with van der Waals surface area (Å²) in [6.07, 6.45) is 0. The molecule has 0 saturated heterocycles. The molecule has 2 aromatic carbocycles. The van der Waals surface area contributed by atoms with E-state index in [0.29, 0.717) is 6.61 Å². The lowest BCUT2D eigenvalue weighted by Crippen LogP contribution is -2.26. The molecule has 0 amide bonds. The van der Waals surface area contributed by atoms with E-state index < -0.39 is 0 Å². The van der Waals surface area contributed by atoms with Crippen molar-refractivity contribution in [1.29, 1.82) is 0 Å². The van der Waals surface area contributed by atoms with Gasteiger partial charge in [-0.05, 0) is 36.4 Å². The summed E-state index contributed by atoms with van der Waals surface area (Å²) in [5.41, 5.74) is 1.24. The van der Waals surface area contributed by atoms with E-state index in [1.807, 2.05) is 42.5 Å². The molecule has 3 nitrogen and oxygen atoms in total. The van der Waals surface area contributed by atoms with Gasteiger partial charge in [0.1, 0.15) is 18.1 Å². The van der Waals surface area contributed by atoms with Crippen molar-refractivity contribution < 1.29 is 9.47 Å². The van der Waals surface area contributed by atoms with Gasteiger partial charge in [0.2, 0.25) is 0 Å². The predicted octanol–water partition coefficient (Wildman–Crippen LogP) is 3.42. The molecule has 1 atom stereocenters. The highest BCUT2D eigenvalue weighted by Gasteiger charge is 2.10. The van der Waals surface area contributed by atoms with Crippen LogP contribution in [-0.2, 0) is 0 Å². The molecule has 0 heterocycles. The first-order valence-corrected chi connectivity index (χ1v) is 6.88. The molecule has 0 radical (unpaired) electrons. The van der Waals surface area contributed by atoms with Gasteiger partial charge >= 0.3 is 0 Å². The van der Waals surface area contributed by atoms with Crippen LogP contribution in [0.15, 0.2) is 54.6 Å². The Morgan fingerprint density at radius 3 is 2.20 bits per heavy atom. The van der Waals surface area contributed by atoms with E-state index in [-0.39, 0.29) is 6.04 Å². The first-order chi connectivity index (χ1) is 9.83. The van der Waals surface area contributed by atoms with Gasteiger partial charge in [0.25, 0.3) is 0 Å². The van der Waals surface area contributed by atoms with Gasteiger partial charge in [-0.3, -0.25) is 0 Å². The molecule has 0 spiro atoms. The minimum absolute atomic E-state index is 0.198. The van der Waals surface area contributed by atoms with Crippen molar-refractivity contribution >= 4 is 0 Å². The highest BCUT2D eigenvalue weighted by Crippen LogP contribution is 2.19. The minimum atomic E-state index is 0.198. The van der Waals surface area contributed by atoms with Crippen molar-refractivity contribution in [1.82, 2.24) is 5.32 Å². The lowest BCUT2D eigenvalue weighted by Gasteiger charge is -2.19. The second-order valence-electron chi connectivity index (χ2n) is 4.51. The molecule has 0 aliphatic heterocycles.